The van der Waals surface area contributed by atoms with Gasteiger partial charge in [0, 0.05) is 10.9 Å². The molecule has 0 saturated heterocycles. The number of aryl methyl sites for hydroxylation is 1. The Hall–Kier alpha value is -2.79. The highest BCUT2D eigenvalue weighted by molar-refractivity contribution is 6.35. The molecule has 0 atom stereocenters. The molecule has 0 spiro atoms. The summed E-state index contributed by atoms with van der Waals surface area (Å²) in [5.74, 6) is 0.672. The maximum absolute atomic E-state index is 12.4. The number of para-hydroxylation sites is 3. The monoisotopic (exact) mass is 339 g/mol. The smallest absolute Gasteiger partial charge is 0.287 e. The zero-order valence-electron chi connectivity index (χ0n) is 12.9. The second-order valence-electron chi connectivity index (χ2n) is 5.56. The average molecular weight is 340 g/mol. The fourth-order valence-electron chi connectivity index (χ4n) is 2.76. The number of hydrogen-bond donors (Lipinski definition) is 2. The zero-order valence-corrected chi connectivity index (χ0v) is 13.6. The molecule has 1 amide bonds. The quantitative estimate of drug-likeness (QED) is 0.587. The number of aromatic amines is 1. The number of carbonyl (C=O) groups excluding carboxylic acids is 1. The first-order valence-electron chi connectivity index (χ1n) is 7.53. The third-order valence-electron chi connectivity index (χ3n) is 3.98. The molecule has 4 aromatic rings. The van der Waals surface area contributed by atoms with Crippen LogP contribution < -0.4 is 5.32 Å². The number of benzene rings is 2. The van der Waals surface area contributed by atoms with Crippen molar-refractivity contribution in [2.24, 2.45) is 0 Å². The lowest BCUT2D eigenvalue weighted by Crippen LogP contribution is -2.23. The van der Waals surface area contributed by atoms with Crippen LogP contribution in [0.25, 0.3) is 22.0 Å². The van der Waals surface area contributed by atoms with Crippen molar-refractivity contribution < 1.29 is 9.21 Å². The van der Waals surface area contributed by atoms with E-state index in [9.17, 15) is 4.79 Å². The number of carbonyl (C=O) groups is 1. The Morgan fingerprint density at radius 2 is 2.08 bits per heavy atom. The van der Waals surface area contributed by atoms with E-state index in [1.54, 1.807) is 6.07 Å². The maximum atomic E-state index is 12.4. The molecule has 120 valence electrons. The molecule has 0 saturated carbocycles. The SMILES string of the molecule is Cc1c(C(=O)NCc2nc3ccccc3[nH]2)oc2c(Cl)cccc12. The lowest BCUT2D eigenvalue weighted by Gasteiger charge is -2.01. The molecule has 2 aromatic carbocycles. The van der Waals surface area contributed by atoms with Crippen LogP contribution in [-0.2, 0) is 6.54 Å². The van der Waals surface area contributed by atoms with Gasteiger partial charge in [-0.2, -0.15) is 0 Å². The van der Waals surface area contributed by atoms with Crippen LogP contribution in [0.4, 0.5) is 0 Å². The van der Waals surface area contributed by atoms with E-state index in [0.717, 1.165) is 22.0 Å². The predicted molar refractivity (Wildman–Crippen MR) is 93.2 cm³/mol. The minimum absolute atomic E-state index is 0.272. The van der Waals surface area contributed by atoms with Gasteiger partial charge in [-0.3, -0.25) is 4.79 Å². The number of fused-ring (bicyclic) bond motifs is 2. The molecule has 24 heavy (non-hydrogen) atoms. The number of furan rings is 1. The van der Waals surface area contributed by atoms with Crippen molar-refractivity contribution in [2.75, 3.05) is 0 Å². The summed E-state index contributed by atoms with van der Waals surface area (Å²) in [6.45, 7) is 2.13. The lowest BCUT2D eigenvalue weighted by molar-refractivity contribution is 0.0923. The van der Waals surface area contributed by atoms with Crippen LogP contribution in [0.2, 0.25) is 5.02 Å². The topological polar surface area (TPSA) is 70.9 Å². The summed E-state index contributed by atoms with van der Waals surface area (Å²) in [6.07, 6.45) is 0. The first-order chi connectivity index (χ1) is 11.6. The van der Waals surface area contributed by atoms with Crippen LogP contribution in [0.5, 0.6) is 0 Å². The first kappa shape index (κ1) is 14.8. The number of nitrogens with zero attached hydrogens (tertiary/aromatic N) is 1. The van der Waals surface area contributed by atoms with Crippen LogP contribution in [0.1, 0.15) is 21.9 Å². The number of nitrogens with one attached hydrogen (secondary N) is 2. The van der Waals surface area contributed by atoms with Gasteiger partial charge >= 0.3 is 0 Å². The lowest BCUT2D eigenvalue weighted by atomic mass is 10.1. The third kappa shape index (κ3) is 2.43. The zero-order chi connectivity index (χ0) is 16.7. The normalized spacial score (nSPS) is 11.2. The van der Waals surface area contributed by atoms with Gasteiger partial charge in [-0.25, -0.2) is 4.98 Å². The van der Waals surface area contributed by atoms with Gasteiger partial charge in [-0.05, 0) is 25.1 Å². The van der Waals surface area contributed by atoms with Gasteiger partial charge in [0.15, 0.2) is 11.3 Å². The summed E-state index contributed by atoms with van der Waals surface area (Å²) in [5, 5.41) is 4.16. The number of halogens is 1. The van der Waals surface area contributed by atoms with Crippen LogP contribution in [0.3, 0.4) is 0 Å². The van der Waals surface area contributed by atoms with E-state index in [2.05, 4.69) is 15.3 Å². The fraction of sp³-hybridized carbons (Fsp3) is 0.111. The van der Waals surface area contributed by atoms with Crippen molar-refractivity contribution in [2.45, 2.75) is 13.5 Å². The highest BCUT2D eigenvalue weighted by Crippen LogP contribution is 2.30. The highest BCUT2D eigenvalue weighted by atomic mass is 35.5. The molecule has 2 aromatic heterocycles. The number of imidazole rings is 1. The van der Waals surface area contributed by atoms with E-state index in [1.165, 1.54) is 0 Å². The molecule has 0 aliphatic heterocycles. The number of aromatic nitrogens is 2. The average Bonchev–Trinajstić information content (AvgIpc) is 3.15. The molecule has 2 N–H and O–H groups in total. The van der Waals surface area contributed by atoms with Gasteiger partial charge < -0.3 is 14.7 Å². The van der Waals surface area contributed by atoms with Crippen molar-refractivity contribution in [1.29, 1.82) is 0 Å². The Morgan fingerprint density at radius 1 is 1.25 bits per heavy atom. The molecule has 0 aliphatic carbocycles. The van der Waals surface area contributed by atoms with Crippen molar-refractivity contribution in [3.8, 4) is 0 Å². The minimum Gasteiger partial charge on any atom is -0.449 e. The predicted octanol–water partition coefficient (Wildman–Crippen LogP) is 4.20. The molecule has 0 aliphatic rings. The van der Waals surface area contributed by atoms with Crippen LogP contribution >= 0.6 is 11.6 Å². The summed E-state index contributed by atoms with van der Waals surface area (Å²) in [6, 6.07) is 13.2. The maximum Gasteiger partial charge on any atom is 0.287 e. The molecule has 0 unspecified atom stereocenters. The fourth-order valence-corrected chi connectivity index (χ4v) is 2.97. The van der Waals surface area contributed by atoms with E-state index >= 15 is 0 Å². The molecular weight excluding hydrogens is 326 g/mol. The second kappa shape index (κ2) is 5.69. The van der Waals surface area contributed by atoms with E-state index in [4.69, 9.17) is 16.0 Å². The van der Waals surface area contributed by atoms with Crippen molar-refractivity contribution >= 4 is 39.5 Å². The Morgan fingerprint density at radius 3 is 2.88 bits per heavy atom. The highest BCUT2D eigenvalue weighted by Gasteiger charge is 2.19. The second-order valence-corrected chi connectivity index (χ2v) is 5.96. The van der Waals surface area contributed by atoms with Crippen molar-refractivity contribution in [1.82, 2.24) is 15.3 Å². The summed E-state index contributed by atoms with van der Waals surface area (Å²) >= 11 is 6.12. The van der Waals surface area contributed by atoms with Gasteiger partial charge in [-0.15, -0.1) is 0 Å². The Kier molecular flexibility index (Phi) is 3.50. The summed E-state index contributed by atoms with van der Waals surface area (Å²) < 4.78 is 5.66. The molecule has 0 fully saturated rings. The van der Waals surface area contributed by atoms with Gasteiger partial charge in [0.1, 0.15) is 5.82 Å². The van der Waals surface area contributed by atoms with E-state index < -0.39 is 0 Å². The standard InChI is InChI=1S/C18H14ClN3O2/c1-10-11-5-4-6-12(19)17(11)24-16(10)18(23)20-9-15-21-13-7-2-3-8-14(13)22-15/h2-8H,9H2,1H3,(H,20,23)(H,21,22). The molecule has 2 heterocycles. The van der Waals surface area contributed by atoms with Crippen molar-refractivity contribution in [3.05, 3.63) is 64.6 Å². The third-order valence-corrected chi connectivity index (χ3v) is 4.27. The Labute approximate surface area is 142 Å². The van der Waals surface area contributed by atoms with Gasteiger partial charge in [0.25, 0.3) is 5.91 Å². The molecular formula is C18H14ClN3O2. The Bertz CT molecular complexity index is 1030. The number of rotatable bonds is 3. The van der Waals surface area contributed by atoms with Gasteiger partial charge in [-0.1, -0.05) is 35.9 Å². The summed E-state index contributed by atoms with van der Waals surface area (Å²) in [5.41, 5.74) is 3.11. The van der Waals surface area contributed by atoms with Crippen molar-refractivity contribution in [3.63, 3.8) is 0 Å². The summed E-state index contributed by atoms with van der Waals surface area (Å²) in [7, 11) is 0. The molecule has 6 heteroatoms. The van der Waals surface area contributed by atoms with Crippen LogP contribution in [-0.4, -0.2) is 15.9 Å². The van der Waals surface area contributed by atoms with Crippen LogP contribution in [0.15, 0.2) is 46.9 Å². The molecule has 5 nitrogen and oxygen atoms in total. The Balaban J connectivity index is 1.58. The number of H-pyrrole nitrogens is 1. The first-order valence-corrected chi connectivity index (χ1v) is 7.91. The minimum atomic E-state index is -0.291. The van der Waals surface area contributed by atoms with Crippen LogP contribution in [0, 0.1) is 6.92 Å². The molecule has 0 radical (unpaired) electrons. The van der Waals surface area contributed by atoms with E-state index in [-0.39, 0.29) is 18.2 Å². The van der Waals surface area contributed by atoms with Gasteiger partial charge in [0.05, 0.1) is 22.6 Å². The number of amides is 1. The largest absolute Gasteiger partial charge is 0.449 e. The van der Waals surface area contributed by atoms with E-state index in [1.807, 2.05) is 43.3 Å². The molecule has 0 bridgehead atoms. The van der Waals surface area contributed by atoms with Gasteiger partial charge in [0.2, 0.25) is 0 Å². The number of hydrogen-bond acceptors (Lipinski definition) is 3. The van der Waals surface area contributed by atoms with E-state index in [0.29, 0.717) is 16.4 Å². The molecule has 4 rings (SSSR count). The summed E-state index contributed by atoms with van der Waals surface area (Å²) in [4.78, 5) is 20.1.